The van der Waals surface area contributed by atoms with Gasteiger partial charge in [-0.05, 0) is 12.1 Å². The van der Waals surface area contributed by atoms with E-state index < -0.39 is 37.9 Å². The Hall–Kier alpha value is -2.42. The fourth-order valence-electron chi connectivity index (χ4n) is 1.82. The molecule has 0 fully saturated rings. The Morgan fingerprint density at radius 3 is 2.57 bits per heavy atom. The van der Waals surface area contributed by atoms with Crippen molar-refractivity contribution in [2.75, 3.05) is 24.2 Å². The summed E-state index contributed by atoms with van der Waals surface area (Å²) >= 11 is 0. The summed E-state index contributed by atoms with van der Waals surface area (Å²) in [6, 6.07) is 3.75. The number of carboxylic acid groups (broad SMARTS) is 1. The van der Waals surface area contributed by atoms with Crippen molar-refractivity contribution in [1.29, 1.82) is 0 Å². The van der Waals surface area contributed by atoms with Gasteiger partial charge in [-0.3, -0.25) is 14.9 Å². The number of nitrogens with zero attached hydrogens (tertiary/aromatic N) is 2. The molecule has 0 spiro atoms. The van der Waals surface area contributed by atoms with E-state index in [0.717, 1.165) is 12.3 Å². The van der Waals surface area contributed by atoms with Crippen LogP contribution in [0.2, 0.25) is 0 Å². The predicted octanol–water partition coefficient (Wildman–Crippen LogP) is 1.08. The topological polar surface area (TPSA) is 118 Å². The summed E-state index contributed by atoms with van der Waals surface area (Å²) in [7, 11) is -3.82. The minimum atomic E-state index is -3.82. The molecular formula is C12H14N2O6S. The first-order chi connectivity index (χ1) is 9.68. The van der Waals surface area contributed by atoms with Gasteiger partial charge in [-0.25, -0.2) is 8.42 Å². The monoisotopic (exact) mass is 314 g/mol. The lowest BCUT2D eigenvalue weighted by Gasteiger charge is -2.21. The van der Waals surface area contributed by atoms with E-state index >= 15 is 0 Å². The van der Waals surface area contributed by atoms with Crippen LogP contribution in [-0.2, 0) is 14.6 Å². The number of nitro groups is 1. The van der Waals surface area contributed by atoms with Gasteiger partial charge in [0.05, 0.1) is 4.92 Å². The van der Waals surface area contributed by atoms with Gasteiger partial charge >= 0.3 is 11.7 Å². The molecule has 8 nitrogen and oxygen atoms in total. The summed E-state index contributed by atoms with van der Waals surface area (Å²) in [5, 5.41) is 20.1. The van der Waals surface area contributed by atoms with E-state index in [0.29, 0.717) is 0 Å². The molecule has 0 saturated heterocycles. The molecule has 0 bridgehead atoms. The highest BCUT2D eigenvalue weighted by Gasteiger charge is 2.29. The Kier molecular flexibility index (Phi) is 5.03. The number of anilines is 1. The van der Waals surface area contributed by atoms with Crippen LogP contribution in [0.1, 0.15) is 0 Å². The molecule has 0 aliphatic heterocycles. The maximum Gasteiger partial charge on any atom is 0.323 e. The number of para-hydroxylation sites is 1. The van der Waals surface area contributed by atoms with Crippen molar-refractivity contribution >= 4 is 27.2 Å². The summed E-state index contributed by atoms with van der Waals surface area (Å²) in [5.41, 5.74) is -0.715. The van der Waals surface area contributed by atoms with E-state index in [1.807, 2.05) is 0 Å². The number of sulfone groups is 1. The van der Waals surface area contributed by atoms with E-state index in [1.165, 1.54) is 23.1 Å². The third-order valence-electron chi connectivity index (χ3n) is 2.58. The average molecular weight is 314 g/mol. The SMILES string of the molecule is C=CCN(CC(=O)O)c1cccc(S(C)(=O)=O)c1[N+](=O)[O-]. The van der Waals surface area contributed by atoms with Gasteiger partial charge in [0, 0.05) is 12.8 Å². The van der Waals surface area contributed by atoms with Gasteiger partial charge < -0.3 is 10.0 Å². The molecule has 0 radical (unpaired) electrons. The van der Waals surface area contributed by atoms with E-state index in [1.54, 1.807) is 0 Å². The third kappa shape index (κ3) is 4.02. The van der Waals surface area contributed by atoms with Gasteiger partial charge in [0.15, 0.2) is 9.84 Å². The van der Waals surface area contributed by atoms with Gasteiger partial charge in [0.25, 0.3) is 0 Å². The Morgan fingerprint density at radius 1 is 1.52 bits per heavy atom. The molecule has 0 amide bonds. The largest absolute Gasteiger partial charge is 0.480 e. The molecule has 0 aliphatic carbocycles. The molecule has 21 heavy (non-hydrogen) atoms. The van der Waals surface area contributed by atoms with Crippen molar-refractivity contribution in [3.05, 3.63) is 41.0 Å². The second-order valence-electron chi connectivity index (χ2n) is 4.22. The second kappa shape index (κ2) is 6.35. The van der Waals surface area contributed by atoms with E-state index in [9.17, 15) is 23.3 Å². The van der Waals surface area contributed by atoms with Crippen molar-refractivity contribution < 1.29 is 23.2 Å². The summed E-state index contributed by atoms with van der Waals surface area (Å²) in [5.74, 6) is -1.20. The maximum atomic E-state index is 11.7. The van der Waals surface area contributed by atoms with Crippen molar-refractivity contribution in [2.45, 2.75) is 4.90 Å². The Balaban J connectivity index is 3.57. The fraction of sp³-hybridized carbons (Fsp3) is 0.250. The van der Waals surface area contributed by atoms with Crippen LogP contribution in [0, 0.1) is 10.1 Å². The van der Waals surface area contributed by atoms with Crippen LogP contribution in [0.4, 0.5) is 11.4 Å². The zero-order chi connectivity index (χ0) is 16.2. The van der Waals surface area contributed by atoms with E-state index in [-0.39, 0.29) is 12.2 Å². The minimum Gasteiger partial charge on any atom is -0.480 e. The number of benzene rings is 1. The Morgan fingerprint density at radius 2 is 2.14 bits per heavy atom. The third-order valence-corrected chi connectivity index (χ3v) is 3.70. The Bertz CT molecular complexity index is 683. The van der Waals surface area contributed by atoms with Crippen LogP contribution in [0.25, 0.3) is 0 Å². The standard InChI is InChI=1S/C12H14N2O6S/c1-3-7-13(8-11(15)16)9-5-4-6-10(21(2,19)20)12(9)14(17)18/h3-6H,1,7-8H2,2H3,(H,15,16). The molecule has 1 aromatic rings. The number of hydrogen-bond donors (Lipinski definition) is 1. The molecule has 1 rings (SSSR count). The summed E-state index contributed by atoms with van der Waals surface area (Å²) in [4.78, 5) is 22.0. The lowest BCUT2D eigenvalue weighted by Crippen LogP contribution is -2.30. The number of carbonyl (C=O) groups is 1. The van der Waals surface area contributed by atoms with Crippen molar-refractivity contribution in [1.82, 2.24) is 0 Å². The first-order valence-electron chi connectivity index (χ1n) is 5.73. The molecule has 0 heterocycles. The molecule has 1 aromatic carbocycles. The average Bonchev–Trinajstić information content (AvgIpc) is 2.35. The lowest BCUT2D eigenvalue weighted by molar-refractivity contribution is -0.387. The molecule has 1 N–H and O–H groups in total. The molecule has 0 atom stereocenters. The van der Waals surface area contributed by atoms with Crippen LogP contribution in [0.5, 0.6) is 0 Å². The number of nitro benzene ring substituents is 1. The zero-order valence-corrected chi connectivity index (χ0v) is 12.0. The molecule has 0 aliphatic rings. The predicted molar refractivity (Wildman–Crippen MR) is 76.3 cm³/mol. The van der Waals surface area contributed by atoms with E-state index in [2.05, 4.69) is 6.58 Å². The zero-order valence-electron chi connectivity index (χ0n) is 11.2. The quantitative estimate of drug-likeness (QED) is 0.454. The number of carboxylic acids is 1. The highest BCUT2D eigenvalue weighted by Crippen LogP contribution is 2.34. The first kappa shape index (κ1) is 16.6. The molecular weight excluding hydrogens is 300 g/mol. The van der Waals surface area contributed by atoms with Crippen LogP contribution in [0.3, 0.4) is 0 Å². The van der Waals surface area contributed by atoms with Gasteiger partial charge in [-0.15, -0.1) is 6.58 Å². The van der Waals surface area contributed by atoms with Crippen LogP contribution in [0.15, 0.2) is 35.7 Å². The number of hydrogen-bond acceptors (Lipinski definition) is 6. The maximum absolute atomic E-state index is 11.7. The number of aliphatic carboxylic acids is 1. The van der Waals surface area contributed by atoms with Gasteiger partial charge in [0.2, 0.25) is 0 Å². The summed E-state index contributed by atoms with van der Waals surface area (Å²) in [6.07, 6.45) is 2.23. The molecule has 114 valence electrons. The minimum absolute atomic E-state index is 0.0281. The molecule has 0 saturated carbocycles. The van der Waals surface area contributed by atoms with Crippen molar-refractivity contribution in [2.24, 2.45) is 0 Å². The number of rotatable bonds is 7. The summed E-state index contributed by atoms with van der Waals surface area (Å²) < 4.78 is 23.3. The first-order valence-corrected chi connectivity index (χ1v) is 7.62. The normalized spacial score (nSPS) is 10.9. The van der Waals surface area contributed by atoms with Gasteiger partial charge in [-0.2, -0.15) is 0 Å². The molecule has 0 aromatic heterocycles. The Labute approximate surface area is 121 Å². The summed E-state index contributed by atoms with van der Waals surface area (Å²) in [6.45, 7) is 2.97. The van der Waals surface area contributed by atoms with Gasteiger partial charge in [0.1, 0.15) is 17.1 Å². The lowest BCUT2D eigenvalue weighted by atomic mass is 10.2. The van der Waals surface area contributed by atoms with Gasteiger partial charge in [-0.1, -0.05) is 12.1 Å². The van der Waals surface area contributed by atoms with E-state index in [4.69, 9.17) is 5.11 Å². The highest BCUT2D eigenvalue weighted by molar-refractivity contribution is 7.90. The fourth-order valence-corrected chi connectivity index (χ4v) is 2.67. The highest BCUT2D eigenvalue weighted by atomic mass is 32.2. The van der Waals surface area contributed by atoms with Crippen LogP contribution >= 0.6 is 0 Å². The molecule has 0 unspecified atom stereocenters. The van der Waals surface area contributed by atoms with Crippen molar-refractivity contribution in [3.63, 3.8) is 0 Å². The van der Waals surface area contributed by atoms with Crippen LogP contribution < -0.4 is 4.90 Å². The smallest absolute Gasteiger partial charge is 0.323 e. The second-order valence-corrected chi connectivity index (χ2v) is 6.20. The molecule has 9 heteroatoms. The van der Waals surface area contributed by atoms with Crippen molar-refractivity contribution in [3.8, 4) is 0 Å². The van der Waals surface area contributed by atoms with Crippen LogP contribution in [-0.4, -0.2) is 43.8 Å².